The maximum Gasteiger partial charge on any atom is 0.163 e. The van der Waals surface area contributed by atoms with Gasteiger partial charge >= 0.3 is 0 Å². The Hall–Kier alpha value is -1.03. The second kappa shape index (κ2) is 4.82. The minimum atomic E-state index is 0.0699. The SMILES string of the molecule is Cc1nn(C)c(C)c1OC1(CCNC2CC2)CCC1. The Balaban J connectivity index is 1.64. The van der Waals surface area contributed by atoms with E-state index in [2.05, 4.69) is 17.3 Å². The van der Waals surface area contributed by atoms with Crippen molar-refractivity contribution < 1.29 is 4.74 Å². The van der Waals surface area contributed by atoms with E-state index in [9.17, 15) is 0 Å². The molecule has 0 amide bonds. The Morgan fingerprint density at radius 1 is 1.37 bits per heavy atom. The zero-order valence-electron chi connectivity index (χ0n) is 12.3. The summed E-state index contributed by atoms with van der Waals surface area (Å²) in [5, 5.41) is 8.05. The van der Waals surface area contributed by atoms with Gasteiger partial charge in [-0.15, -0.1) is 0 Å². The van der Waals surface area contributed by atoms with Crippen molar-refractivity contribution >= 4 is 0 Å². The van der Waals surface area contributed by atoms with Crippen LogP contribution in [0.3, 0.4) is 0 Å². The Kier molecular flexibility index (Phi) is 3.29. The van der Waals surface area contributed by atoms with Crippen LogP contribution in [0.1, 0.15) is 49.9 Å². The predicted octanol–water partition coefficient (Wildman–Crippen LogP) is 2.48. The number of rotatable bonds is 6. The van der Waals surface area contributed by atoms with Crippen molar-refractivity contribution in [2.45, 2.75) is 64.0 Å². The molecule has 0 saturated heterocycles. The molecule has 1 aromatic heterocycles. The Bertz CT molecular complexity index is 458. The molecule has 0 radical (unpaired) electrons. The third-order valence-electron chi connectivity index (χ3n) is 4.62. The van der Waals surface area contributed by atoms with Crippen LogP contribution in [0.15, 0.2) is 0 Å². The normalized spacial score (nSPS) is 21.2. The summed E-state index contributed by atoms with van der Waals surface area (Å²) in [6, 6.07) is 0.791. The average molecular weight is 263 g/mol. The first-order chi connectivity index (χ1) is 9.10. The second-order valence-corrected chi connectivity index (χ2v) is 6.24. The van der Waals surface area contributed by atoms with Crippen molar-refractivity contribution in [2.75, 3.05) is 6.54 Å². The fraction of sp³-hybridized carbons (Fsp3) is 0.800. The van der Waals surface area contributed by atoms with E-state index >= 15 is 0 Å². The van der Waals surface area contributed by atoms with E-state index in [-0.39, 0.29) is 5.60 Å². The van der Waals surface area contributed by atoms with Crippen LogP contribution in [0.4, 0.5) is 0 Å². The molecule has 0 atom stereocenters. The van der Waals surface area contributed by atoms with Crippen LogP contribution in [0.5, 0.6) is 5.75 Å². The Morgan fingerprint density at radius 2 is 2.11 bits per heavy atom. The summed E-state index contributed by atoms with van der Waals surface area (Å²) in [5.74, 6) is 1.01. The van der Waals surface area contributed by atoms with E-state index in [1.54, 1.807) is 0 Å². The highest BCUT2D eigenvalue weighted by Gasteiger charge is 2.40. The van der Waals surface area contributed by atoms with E-state index in [1.807, 2.05) is 18.7 Å². The number of hydrogen-bond donors (Lipinski definition) is 1. The van der Waals surface area contributed by atoms with Crippen molar-refractivity contribution in [1.82, 2.24) is 15.1 Å². The number of ether oxygens (including phenoxy) is 1. The van der Waals surface area contributed by atoms with E-state index in [0.29, 0.717) is 0 Å². The maximum atomic E-state index is 6.40. The monoisotopic (exact) mass is 263 g/mol. The number of nitrogens with one attached hydrogen (secondary N) is 1. The molecule has 1 aromatic rings. The van der Waals surface area contributed by atoms with Crippen LogP contribution >= 0.6 is 0 Å². The minimum absolute atomic E-state index is 0.0699. The fourth-order valence-electron chi connectivity index (χ4n) is 2.88. The molecule has 2 saturated carbocycles. The van der Waals surface area contributed by atoms with E-state index in [4.69, 9.17) is 4.74 Å². The second-order valence-electron chi connectivity index (χ2n) is 6.24. The van der Waals surface area contributed by atoms with Crippen LogP contribution in [0.2, 0.25) is 0 Å². The zero-order chi connectivity index (χ0) is 13.5. The Labute approximate surface area is 115 Å². The molecule has 4 heteroatoms. The number of aromatic nitrogens is 2. The summed E-state index contributed by atoms with van der Waals surface area (Å²) < 4.78 is 8.32. The molecule has 0 bridgehead atoms. The van der Waals surface area contributed by atoms with Crippen LogP contribution in [-0.2, 0) is 7.05 Å². The van der Waals surface area contributed by atoms with Gasteiger partial charge < -0.3 is 10.1 Å². The van der Waals surface area contributed by atoms with Crippen LogP contribution < -0.4 is 10.1 Å². The van der Waals surface area contributed by atoms with Crippen molar-refractivity contribution in [3.05, 3.63) is 11.4 Å². The molecule has 0 spiro atoms. The average Bonchev–Trinajstić information content (AvgIpc) is 3.10. The van der Waals surface area contributed by atoms with E-state index < -0.39 is 0 Å². The molecule has 2 aliphatic rings. The summed E-state index contributed by atoms with van der Waals surface area (Å²) in [5.41, 5.74) is 2.22. The summed E-state index contributed by atoms with van der Waals surface area (Å²) in [7, 11) is 1.98. The highest BCUT2D eigenvalue weighted by atomic mass is 16.5. The summed E-state index contributed by atoms with van der Waals surface area (Å²) in [6.07, 6.45) is 7.50. The first-order valence-electron chi connectivity index (χ1n) is 7.52. The van der Waals surface area contributed by atoms with E-state index in [1.165, 1.54) is 32.1 Å². The first-order valence-corrected chi connectivity index (χ1v) is 7.52. The highest BCUT2D eigenvalue weighted by Crippen LogP contribution is 2.41. The van der Waals surface area contributed by atoms with E-state index in [0.717, 1.165) is 36.1 Å². The van der Waals surface area contributed by atoms with Crippen LogP contribution in [0, 0.1) is 13.8 Å². The molecule has 106 valence electrons. The lowest BCUT2D eigenvalue weighted by molar-refractivity contribution is -0.0154. The summed E-state index contributed by atoms with van der Waals surface area (Å²) in [6.45, 7) is 5.21. The molecule has 3 rings (SSSR count). The van der Waals surface area contributed by atoms with Crippen LogP contribution in [-0.4, -0.2) is 28.0 Å². The molecule has 2 aliphatic carbocycles. The largest absolute Gasteiger partial charge is 0.483 e. The predicted molar refractivity (Wildman–Crippen MR) is 75.5 cm³/mol. The van der Waals surface area contributed by atoms with Crippen molar-refractivity contribution in [3.8, 4) is 5.75 Å². The molecular weight excluding hydrogens is 238 g/mol. The molecule has 19 heavy (non-hydrogen) atoms. The Morgan fingerprint density at radius 3 is 2.58 bits per heavy atom. The minimum Gasteiger partial charge on any atom is -0.483 e. The van der Waals surface area contributed by atoms with Gasteiger partial charge in [0.1, 0.15) is 11.3 Å². The number of nitrogens with zero attached hydrogens (tertiary/aromatic N) is 2. The first kappa shape index (κ1) is 13.0. The quantitative estimate of drug-likeness (QED) is 0.857. The summed E-state index contributed by atoms with van der Waals surface area (Å²) >= 11 is 0. The van der Waals surface area contributed by atoms with Crippen LogP contribution in [0.25, 0.3) is 0 Å². The van der Waals surface area contributed by atoms with Gasteiger partial charge in [-0.1, -0.05) is 0 Å². The zero-order valence-corrected chi connectivity index (χ0v) is 12.3. The molecule has 1 heterocycles. The molecule has 4 nitrogen and oxygen atoms in total. The lowest BCUT2D eigenvalue weighted by atomic mass is 9.77. The van der Waals surface area contributed by atoms with Gasteiger partial charge in [-0.2, -0.15) is 5.10 Å². The molecular formula is C15H25N3O. The third-order valence-corrected chi connectivity index (χ3v) is 4.62. The number of hydrogen-bond acceptors (Lipinski definition) is 3. The summed E-state index contributed by atoms with van der Waals surface area (Å²) in [4.78, 5) is 0. The highest BCUT2D eigenvalue weighted by molar-refractivity contribution is 5.32. The molecule has 1 N–H and O–H groups in total. The maximum absolute atomic E-state index is 6.40. The van der Waals surface area contributed by atoms with Gasteiger partial charge in [0.2, 0.25) is 0 Å². The fourth-order valence-corrected chi connectivity index (χ4v) is 2.88. The lowest BCUT2D eigenvalue weighted by Gasteiger charge is -2.42. The van der Waals surface area contributed by atoms with Gasteiger partial charge in [0, 0.05) is 13.1 Å². The lowest BCUT2D eigenvalue weighted by Crippen LogP contribution is -2.45. The van der Waals surface area contributed by atoms with Gasteiger partial charge in [0.15, 0.2) is 5.75 Å². The van der Waals surface area contributed by atoms with Gasteiger partial charge in [0.25, 0.3) is 0 Å². The third kappa shape index (κ3) is 2.64. The molecule has 2 fully saturated rings. The van der Waals surface area contributed by atoms with Gasteiger partial charge in [0.05, 0.1) is 5.69 Å². The van der Waals surface area contributed by atoms with Gasteiger partial charge in [-0.25, -0.2) is 0 Å². The molecule has 0 aromatic carbocycles. The number of aryl methyl sites for hydroxylation is 2. The van der Waals surface area contributed by atoms with Gasteiger partial charge in [-0.3, -0.25) is 4.68 Å². The van der Waals surface area contributed by atoms with Crippen molar-refractivity contribution in [1.29, 1.82) is 0 Å². The van der Waals surface area contributed by atoms with Crippen molar-refractivity contribution in [2.24, 2.45) is 7.05 Å². The smallest absolute Gasteiger partial charge is 0.163 e. The topological polar surface area (TPSA) is 39.1 Å². The van der Waals surface area contributed by atoms with Gasteiger partial charge in [-0.05, 0) is 58.9 Å². The molecule has 0 aliphatic heterocycles. The molecule has 0 unspecified atom stereocenters. The van der Waals surface area contributed by atoms with Crippen molar-refractivity contribution in [3.63, 3.8) is 0 Å². The standard InChI is InChI=1S/C15H25N3O/c1-11-14(12(2)18(3)17-11)19-15(7-4-8-15)9-10-16-13-5-6-13/h13,16H,4-10H2,1-3H3.